The number of nitrogens with zero attached hydrogens (tertiary/aromatic N) is 4. The number of hydrogen-bond donors (Lipinski definition) is 3. The van der Waals surface area contributed by atoms with E-state index >= 15 is 0 Å². The first-order valence-corrected chi connectivity index (χ1v) is 7.15. The second kappa shape index (κ2) is 4.76. The number of aromatic nitrogens is 5. The first-order valence-electron chi connectivity index (χ1n) is 7.15. The molecule has 108 valence electrons. The molecule has 3 heterocycles. The molecule has 0 unspecified atom stereocenters. The molecule has 4 rings (SSSR count). The van der Waals surface area contributed by atoms with Crippen LogP contribution in [0, 0.1) is 0 Å². The lowest BCUT2D eigenvalue weighted by molar-refractivity contribution is 0.445. The molecule has 21 heavy (non-hydrogen) atoms. The molecule has 0 saturated heterocycles. The van der Waals surface area contributed by atoms with E-state index in [1.54, 1.807) is 10.9 Å². The zero-order valence-electron chi connectivity index (χ0n) is 11.8. The molecular weight excluding hydrogens is 266 g/mol. The van der Waals surface area contributed by atoms with Gasteiger partial charge in [0, 0.05) is 25.5 Å². The van der Waals surface area contributed by atoms with Crippen LogP contribution in [-0.2, 0) is 7.05 Å². The molecule has 0 spiro atoms. The molecule has 1 aliphatic carbocycles. The summed E-state index contributed by atoms with van der Waals surface area (Å²) in [5, 5.41) is 11.9. The predicted molar refractivity (Wildman–Crippen MR) is 81.6 cm³/mol. The van der Waals surface area contributed by atoms with Gasteiger partial charge in [0.25, 0.3) is 0 Å². The monoisotopic (exact) mass is 283 g/mol. The van der Waals surface area contributed by atoms with E-state index in [1.807, 2.05) is 25.5 Å². The zero-order valence-corrected chi connectivity index (χ0v) is 11.8. The Morgan fingerprint density at radius 1 is 1.33 bits per heavy atom. The molecule has 3 aromatic rings. The van der Waals surface area contributed by atoms with Crippen LogP contribution in [0.3, 0.4) is 0 Å². The molecule has 0 aromatic carbocycles. The van der Waals surface area contributed by atoms with Gasteiger partial charge < -0.3 is 15.6 Å². The Morgan fingerprint density at radius 2 is 2.24 bits per heavy atom. The average Bonchev–Trinajstić information content (AvgIpc) is 3.02. The summed E-state index contributed by atoms with van der Waals surface area (Å²) in [6, 6.07) is 2.54. The molecule has 3 N–H and O–H groups in total. The van der Waals surface area contributed by atoms with Gasteiger partial charge >= 0.3 is 0 Å². The molecule has 0 bridgehead atoms. The van der Waals surface area contributed by atoms with Crippen LogP contribution < -0.4 is 10.6 Å². The Bertz CT molecular complexity index is 769. The summed E-state index contributed by atoms with van der Waals surface area (Å²) >= 11 is 0. The van der Waals surface area contributed by atoms with Crippen molar-refractivity contribution in [3.63, 3.8) is 0 Å². The van der Waals surface area contributed by atoms with Crippen molar-refractivity contribution in [2.45, 2.75) is 25.3 Å². The molecule has 7 nitrogen and oxygen atoms in total. The molecule has 0 atom stereocenters. The van der Waals surface area contributed by atoms with Crippen LogP contribution in [0.25, 0.3) is 11.0 Å². The van der Waals surface area contributed by atoms with Gasteiger partial charge in [0.2, 0.25) is 5.95 Å². The molecule has 1 aliphatic rings. The number of rotatable bonds is 4. The minimum Gasteiger partial charge on any atom is -0.367 e. The fourth-order valence-electron chi connectivity index (χ4n) is 2.47. The third-order valence-corrected chi connectivity index (χ3v) is 3.82. The Kier molecular flexibility index (Phi) is 2.77. The zero-order chi connectivity index (χ0) is 14.2. The molecule has 0 aliphatic heterocycles. The maximum Gasteiger partial charge on any atom is 0.231 e. The van der Waals surface area contributed by atoms with Crippen LogP contribution in [0.5, 0.6) is 0 Å². The van der Waals surface area contributed by atoms with Crippen LogP contribution in [-0.4, -0.2) is 30.8 Å². The van der Waals surface area contributed by atoms with Crippen LogP contribution >= 0.6 is 0 Å². The lowest BCUT2D eigenvalue weighted by Gasteiger charge is -2.27. The van der Waals surface area contributed by atoms with Crippen molar-refractivity contribution in [3.05, 3.63) is 24.7 Å². The highest BCUT2D eigenvalue weighted by atomic mass is 15.3. The number of nitrogens with one attached hydrogen (secondary N) is 3. The van der Waals surface area contributed by atoms with Gasteiger partial charge in [-0.15, -0.1) is 0 Å². The van der Waals surface area contributed by atoms with E-state index in [0.717, 1.165) is 22.5 Å². The Morgan fingerprint density at radius 3 is 2.95 bits per heavy atom. The van der Waals surface area contributed by atoms with Crippen molar-refractivity contribution >= 4 is 28.5 Å². The summed E-state index contributed by atoms with van der Waals surface area (Å²) in [5.74, 6) is 1.46. The van der Waals surface area contributed by atoms with E-state index in [2.05, 4.69) is 30.7 Å². The van der Waals surface area contributed by atoms with Gasteiger partial charge in [-0.25, -0.2) is 0 Å². The van der Waals surface area contributed by atoms with Crippen LogP contribution in [0.4, 0.5) is 17.5 Å². The summed E-state index contributed by atoms with van der Waals surface area (Å²) < 4.78 is 1.74. The fourth-order valence-corrected chi connectivity index (χ4v) is 2.47. The maximum absolute atomic E-state index is 4.61. The van der Waals surface area contributed by atoms with Gasteiger partial charge in [-0.3, -0.25) is 4.68 Å². The van der Waals surface area contributed by atoms with E-state index in [1.165, 1.54) is 19.3 Å². The fraction of sp³-hybridized carbons (Fsp3) is 0.357. The normalized spacial score (nSPS) is 15.1. The largest absolute Gasteiger partial charge is 0.367 e. The Hall–Kier alpha value is -2.57. The van der Waals surface area contributed by atoms with Crippen molar-refractivity contribution in [1.82, 2.24) is 24.7 Å². The first kappa shape index (κ1) is 12.2. The maximum atomic E-state index is 4.61. The van der Waals surface area contributed by atoms with Crippen molar-refractivity contribution in [3.8, 4) is 0 Å². The quantitative estimate of drug-likeness (QED) is 0.685. The number of hydrogen-bond acceptors (Lipinski definition) is 5. The van der Waals surface area contributed by atoms with Gasteiger partial charge in [-0.2, -0.15) is 15.1 Å². The molecule has 0 amide bonds. The second-order valence-corrected chi connectivity index (χ2v) is 5.44. The Labute approximate surface area is 121 Å². The third kappa shape index (κ3) is 2.31. The smallest absolute Gasteiger partial charge is 0.231 e. The van der Waals surface area contributed by atoms with E-state index in [-0.39, 0.29) is 0 Å². The van der Waals surface area contributed by atoms with E-state index in [9.17, 15) is 0 Å². The van der Waals surface area contributed by atoms with Gasteiger partial charge in [-0.1, -0.05) is 0 Å². The minimum absolute atomic E-state index is 0.532. The minimum atomic E-state index is 0.532. The summed E-state index contributed by atoms with van der Waals surface area (Å²) in [7, 11) is 1.88. The molecule has 1 fully saturated rings. The second-order valence-electron chi connectivity index (χ2n) is 5.44. The highest BCUT2D eigenvalue weighted by Gasteiger charge is 2.19. The standard InChI is InChI=1S/C14H17N7/c1-21-8-10(7-16-21)18-14-19-12-11(5-6-15-12)13(20-14)17-9-3-2-4-9/h5-9H,2-4H2,1H3,(H3,15,17,18,19,20). The average molecular weight is 283 g/mol. The SMILES string of the molecule is Cn1cc(Nc2nc(NC3CCC3)c3cc[nH]c3n2)cn1. The number of aryl methyl sites for hydroxylation is 1. The van der Waals surface area contributed by atoms with E-state index < -0.39 is 0 Å². The van der Waals surface area contributed by atoms with Gasteiger partial charge in [0.05, 0.1) is 17.3 Å². The van der Waals surface area contributed by atoms with E-state index in [0.29, 0.717) is 12.0 Å². The number of H-pyrrole nitrogens is 1. The molecular formula is C14H17N7. The van der Waals surface area contributed by atoms with Crippen molar-refractivity contribution in [2.75, 3.05) is 10.6 Å². The van der Waals surface area contributed by atoms with Crippen LogP contribution in [0.1, 0.15) is 19.3 Å². The lowest BCUT2D eigenvalue weighted by Crippen LogP contribution is -2.27. The van der Waals surface area contributed by atoms with Gasteiger partial charge in [-0.05, 0) is 25.3 Å². The van der Waals surface area contributed by atoms with Crippen molar-refractivity contribution < 1.29 is 0 Å². The summed E-state index contributed by atoms with van der Waals surface area (Å²) in [6.07, 6.45) is 9.24. The van der Waals surface area contributed by atoms with Crippen molar-refractivity contribution in [2.24, 2.45) is 7.05 Å². The Balaban J connectivity index is 1.68. The van der Waals surface area contributed by atoms with Crippen LogP contribution in [0.2, 0.25) is 0 Å². The molecule has 1 saturated carbocycles. The van der Waals surface area contributed by atoms with Crippen LogP contribution in [0.15, 0.2) is 24.7 Å². The molecule has 3 aromatic heterocycles. The van der Waals surface area contributed by atoms with Gasteiger partial charge in [0.1, 0.15) is 11.5 Å². The highest BCUT2D eigenvalue weighted by molar-refractivity contribution is 5.88. The number of anilines is 3. The van der Waals surface area contributed by atoms with Crippen molar-refractivity contribution in [1.29, 1.82) is 0 Å². The molecule has 7 heteroatoms. The van der Waals surface area contributed by atoms with Gasteiger partial charge in [0.15, 0.2) is 0 Å². The lowest BCUT2D eigenvalue weighted by atomic mass is 9.93. The number of aromatic amines is 1. The topological polar surface area (TPSA) is 83.5 Å². The molecule has 0 radical (unpaired) electrons. The summed E-state index contributed by atoms with van der Waals surface area (Å²) in [5.41, 5.74) is 1.70. The number of fused-ring (bicyclic) bond motifs is 1. The summed E-state index contributed by atoms with van der Waals surface area (Å²) in [4.78, 5) is 12.3. The highest BCUT2D eigenvalue weighted by Crippen LogP contribution is 2.27. The first-order chi connectivity index (χ1) is 10.3. The predicted octanol–water partition coefficient (Wildman–Crippen LogP) is 2.40. The van der Waals surface area contributed by atoms with E-state index in [4.69, 9.17) is 0 Å². The summed E-state index contributed by atoms with van der Waals surface area (Å²) in [6.45, 7) is 0. The third-order valence-electron chi connectivity index (χ3n) is 3.82.